The first-order chi connectivity index (χ1) is 12.2. The van der Waals surface area contributed by atoms with Gasteiger partial charge in [0.15, 0.2) is 0 Å². The Morgan fingerprint density at radius 2 is 1.64 bits per heavy atom. The number of rotatable bonds is 3. The van der Waals surface area contributed by atoms with Crippen LogP contribution in [-0.2, 0) is 4.79 Å². The van der Waals surface area contributed by atoms with E-state index in [1.165, 1.54) is 6.07 Å². The highest BCUT2D eigenvalue weighted by Gasteiger charge is 2.28. The van der Waals surface area contributed by atoms with E-state index < -0.39 is 0 Å². The van der Waals surface area contributed by atoms with E-state index in [-0.39, 0.29) is 24.1 Å². The molecule has 3 aromatic carbocycles. The Kier molecular flexibility index (Phi) is 3.86. The first-order valence-electron chi connectivity index (χ1n) is 8.05. The van der Waals surface area contributed by atoms with Crippen molar-refractivity contribution in [1.29, 1.82) is 0 Å². The summed E-state index contributed by atoms with van der Waals surface area (Å²) in [5, 5.41) is 9.60. The molecule has 1 heterocycles. The van der Waals surface area contributed by atoms with Crippen molar-refractivity contribution in [2.45, 2.75) is 12.3 Å². The summed E-state index contributed by atoms with van der Waals surface area (Å²) in [6.45, 7) is 0. The second-order valence-corrected chi connectivity index (χ2v) is 5.94. The summed E-state index contributed by atoms with van der Waals surface area (Å²) >= 11 is 0. The van der Waals surface area contributed by atoms with Crippen molar-refractivity contribution in [1.82, 2.24) is 0 Å². The predicted molar refractivity (Wildman–Crippen MR) is 93.2 cm³/mol. The third-order valence-corrected chi connectivity index (χ3v) is 4.23. The quantitative estimate of drug-likeness (QED) is 0.561. The van der Waals surface area contributed by atoms with Gasteiger partial charge in [-0.2, -0.15) is 0 Å². The zero-order valence-electron chi connectivity index (χ0n) is 13.4. The highest BCUT2D eigenvalue weighted by molar-refractivity contribution is 5.78. The van der Waals surface area contributed by atoms with Crippen LogP contribution in [0.3, 0.4) is 0 Å². The zero-order valence-corrected chi connectivity index (χ0v) is 13.4. The number of para-hydroxylation sites is 1. The smallest absolute Gasteiger partial charge is 0.312 e. The van der Waals surface area contributed by atoms with Gasteiger partial charge in [-0.25, -0.2) is 0 Å². The molecule has 0 amide bonds. The van der Waals surface area contributed by atoms with Crippen LogP contribution in [0.5, 0.6) is 23.0 Å². The van der Waals surface area contributed by atoms with Crippen molar-refractivity contribution >= 4 is 5.97 Å². The Hall–Kier alpha value is -3.27. The summed E-state index contributed by atoms with van der Waals surface area (Å²) in [7, 11) is 0. The molecule has 1 atom stereocenters. The molecule has 0 fully saturated rings. The molecule has 1 aliphatic heterocycles. The van der Waals surface area contributed by atoms with E-state index in [1.54, 1.807) is 12.1 Å². The lowest BCUT2D eigenvalue weighted by Crippen LogP contribution is -2.20. The van der Waals surface area contributed by atoms with Gasteiger partial charge in [-0.05, 0) is 35.9 Å². The second-order valence-electron chi connectivity index (χ2n) is 5.94. The van der Waals surface area contributed by atoms with Crippen molar-refractivity contribution in [3.63, 3.8) is 0 Å². The molecule has 0 spiro atoms. The van der Waals surface area contributed by atoms with E-state index in [4.69, 9.17) is 9.47 Å². The minimum absolute atomic E-state index is 0.0822. The van der Waals surface area contributed by atoms with E-state index in [1.807, 2.05) is 54.6 Å². The first kappa shape index (κ1) is 15.3. The van der Waals surface area contributed by atoms with Crippen LogP contribution in [0.1, 0.15) is 23.5 Å². The molecule has 124 valence electrons. The number of carbonyl (C=O) groups is 1. The maximum absolute atomic E-state index is 11.9. The van der Waals surface area contributed by atoms with Gasteiger partial charge < -0.3 is 14.6 Å². The van der Waals surface area contributed by atoms with Gasteiger partial charge in [0, 0.05) is 17.5 Å². The van der Waals surface area contributed by atoms with Gasteiger partial charge in [-0.15, -0.1) is 0 Å². The number of hydrogen-bond acceptors (Lipinski definition) is 4. The summed E-state index contributed by atoms with van der Waals surface area (Å²) in [4.78, 5) is 11.9. The van der Waals surface area contributed by atoms with Gasteiger partial charge >= 0.3 is 5.97 Å². The molecule has 0 saturated heterocycles. The van der Waals surface area contributed by atoms with Crippen molar-refractivity contribution in [2.24, 2.45) is 0 Å². The van der Waals surface area contributed by atoms with Crippen molar-refractivity contribution in [3.05, 3.63) is 83.9 Å². The Bertz CT molecular complexity index is 901. The maximum atomic E-state index is 11.9. The van der Waals surface area contributed by atoms with Gasteiger partial charge in [0.25, 0.3) is 0 Å². The van der Waals surface area contributed by atoms with Crippen molar-refractivity contribution < 1.29 is 19.4 Å². The maximum Gasteiger partial charge on any atom is 0.312 e. The van der Waals surface area contributed by atoms with E-state index in [0.29, 0.717) is 5.75 Å². The third-order valence-electron chi connectivity index (χ3n) is 4.23. The molecular weight excluding hydrogens is 316 g/mol. The fraction of sp³-hybridized carbons (Fsp3) is 0.0952. The van der Waals surface area contributed by atoms with Crippen molar-refractivity contribution in [3.8, 4) is 23.0 Å². The predicted octanol–water partition coefficient (Wildman–Crippen LogP) is 4.63. The average Bonchev–Trinajstić information content (AvgIpc) is 2.62. The van der Waals surface area contributed by atoms with Crippen LogP contribution in [0, 0.1) is 0 Å². The number of phenols is 1. The molecule has 1 aliphatic rings. The first-order valence-corrected chi connectivity index (χ1v) is 8.05. The number of phenolic OH excluding ortho intramolecular Hbond substituents is 1. The molecule has 0 aliphatic carbocycles. The average molecular weight is 332 g/mol. The van der Waals surface area contributed by atoms with Gasteiger partial charge in [0.05, 0.1) is 6.42 Å². The minimum Gasteiger partial charge on any atom is -0.508 e. The van der Waals surface area contributed by atoms with Crippen LogP contribution in [-0.4, -0.2) is 11.1 Å². The standard InChI is InChI=1S/C21H16O4/c22-15-8-11-18-19(13-21(23)25-20(18)12-15)14-6-9-17(10-7-14)24-16-4-2-1-3-5-16/h1-12,19,22H,13H2. The summed E-state index contributed by atoms with van der Waals surface area (Å²) < 4.78 is 11.0. The minimum atomic E-state index is -0.298. The number of ether oxygens (including phenoxy) is 2. The Balaban J connectivity index is 1.61. The summed E-state index contributed by atoms with van der Waals surface area (Å²) in [5.74, 6) is 1.62. The van der Waals surface area contributed by atoms with E-state index in [9.17, 15) is 9.90 Å². The number of fused-ring (bicyclic) bond motifs is 1. The van der Waals surface area contributed by atoms with Crippen LogP contribution in [0.25, 0.3) is 0 Å². The molecule has 0 radical (unpaired) electrons. The molecule has 0 saturated carbocycles. The van der Waals surface area contributed by atoms with E-state index in [2.05, 4.69) is 0 Å². The second kappa shape index (κ2) is 6.32. The molecule has 0 bridgehead atoms. The molecule has 25 heavy (non-hydrogen) atoms. The molecule has 4 rings (SSSR count). The molecule has 4 nitrogen and oxygen atoms in total. The molecular formula is C21H16O4. The Labute approximate surface area is 145 Å². The van der Waals surface area contributed by atoms with Gasteiger partial charge in [-0.1, -0.05) is 36.4 Å². The summed E-state index contributed by atoms with van der Waals surface area (Å²) in [6.07, 6.45) is 0.274. The fourth-order valence-corrected chi connectivity index (χ4v) is 3.03. The third kappa shape index (κ3) is 3.19. The van der Waals surface area contributed by atoms with E-state index >= 15 is 0 Å². The molecule has 1 N–H and O–H groups in total. The molecule has 4 heteroatoms. The van der Waals surface area contributed by atoms with Crippen molar-refractivity contribution in [2.75, 3.05) is 0 Å². The van der Waals surface area contributed by atoms with Gasteiger partial charge in [-0.3, -0.25) is 4.79 Å². The van der Waals surface area contributed by atoms with Gasteiger partial charge in [0.2, 0.25) is 0 Å². The lowest BCUT2D eigenvalue weighted by atomic mass is 9.86. The summed E-state index contributed by atoms with van der Waals surface area (Å²) in [6, 6.07) is 22.2. The molecule has 0 aromatic heterocycles. The van der Waals surface area contributed by atoms with Crippen LogP contribution >= 0.6 is 0 Å². The monoisotopic (exact) mass is 332 g/mol. The molecule has 1 unspecified atom stereocenters. The topological polar surface area (TPSA) is 55.8 Å². The van der Waals surface area contributed by atoms with E-state index in [0.717, 1.165) is 22.6 Å². The van der Waals surface area contributed by atoms with Crippen LogP contribution in [0.2, 0.25) is 0 Å². The SMILES string of the molecule is O=C1CC(c2ccc(Oc3ccccc3)cc2)c2ccc(O)cc2O1. The lowest BCUT2D eigenvalue weighted by molar-refractivity contribution is -0.135. The Morgan fingerprint density at radius 1 is 0.920 bits per heavy atom. The Morgan fingerprint density at radius 3 is 2.40 bits per heavy atom. The van der Waals surface area contributed by atoms with Crippen LogP contribution in [0.15, 0.2) is 72.8 Å². The largest absolute Gasteiger partial charge is 0.508 e. The highest BCUT2D eigenvalue weighted by Crippen LogP contribution is 2.40. The number of hydrogen-bond donors (Lipinski definition) is 1. The molecule has 3 aromatic rings. The lowest BCUT2D eigenvalue weighted by Gasteiger charge is -2.25. The van der Waals surface area contributed by atoms with Crippen LogP contribution < -0.4 is 9.47 Å². The number of benzene rings is 3. The number of aromatic hydroxyl groups is 1. The highest BCUT2D eigenvalue weighted by atomic mass is 16.5. The fourth-order valence-electron chi connectivity index (χ4n) is 3.03. The number of esters is 1. The normalized spacial score (nSPS) is 16.0. The van der Waals surface area contributed by atoms with Crippen LogP contribution in [0.4, 0.5) is 0 Å². The van der Waals surface area contributed by atoms with Gasteiger partial charge in [0.1, 0.15) is 23.0 Å². The summed E-state index contributed by atoms with van der Waals surface area (Å²) in [5.41, 5.74) is 1.90. The number of carbonyl (C=O) groups excluding carboxylic acids is 1. The zero-order chi connectivity index (χ0) is 17.2.